The minimum absolute atomic E-state index is 0.0699. The van der Waals surface area contributed by atoms with E-state index >= 15 is 0 Å². The van der Waals surface area contributed by atoms with Crippen LogP contribution in [0.5, 0.6) is 0 Å². The average Bonchev–Trinajstić information content (AvgIpc) is 2.79. The highest BCUT2D eigenvalue weighted by atomic mass is 35.5. The van der Waals surface area contributed by atoms with E-state index in [4.69, 9.17) is 11.6 Å². The Balaban J connectivity index is 1.93. The number of nitrogens with one attached hydrogen (secondary N) is 1. The largest absolute Gasteiger partial charge is 0.323 e. The first kappa shape index (κ1) is 21.5. The third kappa shape index (κ3) is 4.20. The van der Waals surface area contributed by atoms with Crippen molar-refractivity contribution < 1.29 is 9.18 Å². The standard InChI is InChI=1S/C26H20ClFN2O2/c1-3-25(31)29-18-10-9-17(12-16-8-11-23(27)24(28)13-16)21(14-18)22-15-30(2)26(32)20-7-5-4-6-19(20)22/h3-11,13-15H,1,12H2,2H3,(H,29,31). The molecular weight excluding hydrogens is 427 g/mol. The summed E-state index contributed by atoms with van der Waals surface area (Å²) in [6.07, 6.45) is 3.42. The zero-order valence-corrected chi connectivity index (χ0v) is 18.1. The molecule has 0 unspecified atom stereocenters. The summed E-state index contributed by atoms with van der Waals surface area (Å²) in [7, 11) is 1.70. The zero-order chi connectivity index (χ0) is 22.8. The van der Waals surface area contributed by atoms with Crippen LogP contribution in [0, 0.1) is 5.82 Å². The molecule has 0 bridgehead atoms. The van der Waals surface area contributed by atoms with Gasteiger partial charge in [0.2, 0.25) is 5.91 Å². The number of pyridine rings is 1. The molecule has 0 fully saturated rings. The van der Waals surface area contributed by atoms with Crippen molar-refractivity contribution >= 4 is 34.0 Å². The number of benzene rings is 3. The molecule has 160 valence electrons. The van der Waals surface area contributed by atoms with E-state index in [2.05, 4.69) is 11.9 Å². The van der Waals surface area contributed by atoms with E-state index in [1.807, 2.05) is 30.3 Å². The van der Waals surface area contributed by atoms with E-state index in [0.29, 0.717) is 17.5 Å². The van der Waals surface area contributed by atoms with Gasteiger partial charge in [-0.3, -0.25) is 9.59 Å². The van der Waals surface area contributed by atoms with Crippen molar-refractivity contribution in [3.63, 3.8) is 0 Å². The lowest BCUT2D eigenvalue weighted by Crippen LogP contribution is -2.16. The number of hydrogen-bond donors (Lipinski definition) is 1. The quantitative estimate of drug-likeness (QED) is 0.399. The van der Waals surface area contributed by atoms with Crippen LogP contribution in [0.2, 0.25) is 5.02 Å². The lowest BCUT2D eigenvalue weighted by Gasteiger charge is -2.16. The summed E-state index contributed by atoms with van der Waals surface area (Å²) in [4.78, 5) is 24.5. The average molecular weight is 447 g/mol. The SMILES string of the molecule is C=CC(=O)Nc1ccc(Cc2ccc(Cl)c(F)c2)c(-c2cn(C)c(=O)c3ccccc23)c1. The van der Waals surface area contributed by atoms with Crippen LogP contribution in [0.1, 0.15) is 11.1 Å². The van der Waals surface area contributed by atoms with Crippen molar-refractivity contribution in [2.24, 2.45) is 7.05 Å². The van der Waals surface area contributed by atoms with Crippen molar-refractivity contribution in [2.45, 2.75) is 6.42 Å². The molecule has 4 nitrogen and oxygen atoms in total. The van der Waals surface area contributed by atoms with Gasteiger partial charge in [-0.25, -0.2) is 4.39 Å². The zero-order valence-electron chi connectivity index (χ0n) is 17.4. The Morgan fingerprint density at radius 1 is 1.09 bits per heavy atom. The third-order valence-corrected chi connectivity index (χ3v) is 5.63. The van der Waals surface area contributed by atoms with E-state index in [0.717, 1.165) is 27.6 Å². The molecule has 0 aliphatic rings. The third-order valence-electron chi connectivity index (χ3n) is 5.32. The minimum atomic E-state index is -0.479. The molecular formula is C26H20ClFN2O2. The fraction of sp³-hybridized carbons (Fsp3) is 0.0769. The molecule has 4 aromatic rings. The van der Waals surface area contributed by atoms with Crippen LogP contribution in [-0.4, -0.2) is 10.5 Å². The summed E-state index contributed by atoms with van der Waals surface area (Å²) in [5, 5.41) is 4.24. The van der Waals surface area contributed by atoms with Crippen molar-refractivity contribution in [3.05, 3.63) is 112 Å². The Bertz CT molecular complexity index is 1430. The first-order valence-electron chi connectivity index (χ1n) is 9.96. The van der Waals surface area contributed by atoms with Gasteiger partial charge < -0.3 is 9.88 Å². The van der Waals surface area contributed by atoms with Crippen LogP contribution in [-0.2, 0) is 18.3 Å². The molecule has 0 aliphatic heterocycles. The van der Waals surface area contributed by atoms with Gasteiger partial charge in [-0.15, -0.1) is 0 Å². The highest BCUT2D eigenvalue weighted by Gasteiger charge is 2.14. The number of carbonyl (C=O) groups excluding carboxylic acids is 1. The Kier molecular flexibility index (Phi) is 5.93. The maximum Gasteiger partial charge on any atom is 0.258 e. The number of aromatic nitrogens is 1. The Hall–Kier alpha value is -3.70. The van der Waals surface area contributed by atoms with Gasteiger partial charge in [0.15, 0.2) is 0 Å². The molecule has 1 N–H and O–H groups in total. The van der Waals surface area contributed by atoms with E-state index in [1.54, 1.807) is 36.0 Å². The molecule has 1 aromatic heterocycles. The van der Waals surface area contributed by atoms with Gasteiger partial charge in [0.1, 0.15) is 5.82 Å². The molecule has 0 radical (unpaired) electrons. The number of nitrogens with zero attached hydrogens (tertiary/aromatic N) is 1. The molecule has 32 heavy (non-hydrogen) atoms. The number of carbonyl (C=O) groups is 1. The smallest absolute Gasteiger partial charge is 0.258 e. The van der Waals surface area contributed by atoms with Gasteiger partial charge in [-0.2, -0.15) is 0 Å². The van der Waals surface area contributed by atoms with E-state index in [9.17, 15) is 14.0 Å². The molecule has 0 atom stereocenters. The van der Waals surface area contributed by atoms with Crippen LogP contribution in [0.15, 0.2) is 84.3 Å². The Morgan fingerprint density at radius 3 is 2.56 bits per heavy atom. The van der Waals surface area contributed by atoms with Gasteiger partial charge in [-0.1, -0.05) is 48.5 Å². The molecule has 0 spiro atoms. The van der Waals surface area contributed by atoms with Crippen LogP contribution in [0.4, 0.5) is 10.1 Å². The molecule has 0 aliphatic carbocycles. The van der Waals surface area contributed by atoms with Gasteiger partial charge in [0.25, 0.3) is 5.56 Å². The number of halogens is 2. The number of aryl methyl sites for hydroxylation is 1. The fourth-order valence-corrected chi connectivity index (χ4v) is 3.87. The maximum atomic E-state index is 14.0. The predicted molar refractivity (Wildman–Crippen MR) is 128 cm³/mol. The number of anilines is 1. The molecule has 0 saturated heterocycles. The van der Waals surface area contributed by atoms with E-state index in [-0.39, 0.29) is 16.5 Å². The normalized spacial score (nSPS) is 10.8. The summed E-state index contributed by atoms with van der Waals surface area (Å²) < 4.78 is 15.6. The lowest BCUT2D eigenvalue weighted by molar-refractivity contribution is -0.111. The van der Waals surface area contributed by atoms with E-state index in [1.165, 1.54) is 18.2 Å². The van der Waals surface area contributed by atoms with Crippen LogP contribution >= 0.6 is 11.6 Å². The molecule has 0 saturated carbocycles. The van der Waals surface area contributed by atoms with Crippen molar-refractivity contribution in [1.29, 1.82) is 0 Å². The second-order valence-electron chi connectivity index (χ2n) is 7.49. The first-order valence-corrected chi connectivity index (χ1v) is 10.3. The van der Waals surface area contributed by atoms with Gasteiger partial charge in [-0.05, 0) is 64.9 Å². The molecule has 4 rings (SSSR count). The summed E-state index contributed by atoms with van der Waals surface area (Å²) in [6, 6.07) is 17.7. The summed E-state index contributed by atoms with van der Waals surface area (Å²) in [6.45, 7) is 3.49. The fourth-order valence-electron chi connectivity index (χ4n) is 3.75. The monoisotopic (exact) mass is 446 g/mol. The van der Waals surface area contributed by atoms with Crippen LogP contribution in [0.3, 0.4) is 0 Å². The predicted octanol–water partition coefficient (Wildman–Crippen LogP) is 5.71. The summed E-state index contributed by atoms with van der Waals surface area (Å²) in [5.41, 5.74) is 3.82. The number of hydrogen-bond acceptors (Lipinski definition) is 2. The molecule has 1 amide bonds. The highest BCUT2D eigenvalue weighted by Crippen LogP contribution is 2.33. The second-order valence-corrected chi connectivity index (χ2v) is 7.90. The molecule has 6 heteroatoms. The minimum Gasteiger partial charge on any atom is -0.323 e. The lowest BCUT2D eigenvalue weighted by atomic mass is 9.92. The van der Waals surface area contributed by atoms with Crippen molar-refractivity contribution in [3.8, 4) is 11.1 Å². The van der Waals surface area contributed by atoms with Crippen molar-refractivity contribution in [2.75, 3.05) is 5.32 Å². The Morgan fingerprint density at radius 2 is 1.84 bits per heavy atom. The number of rotatable bonds is 5. The van der Waals surface area contributed by atoms with Crippen LogP contribution < -0.4 is 10.9 Å². The first-order chi connectivity index (χ1) is 15.4. The topological polar surface area (TPSA) is 51.1 Å². The van der Waals surface area contributed by atoms with Crippen LogP contribution in [0.25, 0.3) is 21.9 Å². The van der Waals surface area contributed by atoms with Gasteiger partial charge in [0.05, 0.1) is 5.02 Å². The molecule has 1 heterocycles. The van der Waals surface area contributed by atoms with Crippen molar-refractivity contribution in [1.82, 2.24) is 4.57 Å². The summed E-state index contributed by atoms with van der Waals surface area (Å²) in [5.74, 6) is -0.804. The highest BCUT2D eigenvalue weighted by molar-refractivity contribution is 6.30. The Labute approximate surface area is 189 Å². The summed E-state index contributed by atoms with van der Waals surface area (Å²) >= 11 is 5.84. The number of amides is 1. The van der Waals surface area contributed by atoms with Gasteiger partial charge in [0, 0.05) is 29.9 Å². The molecule has 3 aromatic carbocycles. The van der Waals surface area contributed by atoms with E-state index < -0.39 is 5.82 Å². The number of fused-ring (bicyclic) bond motifs is 1. The van der Waals surface area contributed by atoms with Gasteiger partial charge >= 0.3 is 0 Å². The second kappa shape index (κ2) is 8.81. The maximum absolute atomic E-state index is 14.0.